The van der Waals surface area contributed by atoms with E-state index in [0.29, 0.717) is 23.6 Å². The minimum Gasteiger partial charge on any atom is -0.493 e. The molecule has 2 aromatic rings. The maximum absolute atomic E-state index is 9.03. The molecule has 1 aliphatic rings. The molecule has 7 nitrogen and oxygen atoms in total. The molecule has 1 aliphatic heterocycles. The lowest BCUT2D eigenvalue weighted by Gasteiger charge is -2.33. The van der Waals surface area contributed by atoms with Crippen LogP contribution in [0.15, 0.2) is 18.5 Å². The molecule has 2 heterocycles. The number of ether oxygens (including phenoxy) is 2. The Kier molecular flexibility index (Phi) is 6.46. The van der Waals surface area contributed by atoms with Crippen molar-refractivity contribution in [3.05, 3.63) is 18.5 Å². The SMILES string of the molecule is COc1cc2ncnc(N3CCC(CCCP(O)O)CC3)c2cc1OC. The zero-order valence-electron chi connectivity index (χ0n) is 15.3. The van der Waals surface area contributed by atoms with Gasteiger partial charge < -0.3 is 24.2 Å². The second kappa shape index (κ2) is 8.80. The molecule has 1 saturated heterocycles. The fraction of sp³-hybridized carbons (Fsp3) is 0.556. The lowest BCUT2D eigenvalue weighted by Crippen LogP contribution is -2.34. The Morgan fingerprint density at radius 1 is 1.12 bits per heavy atom. The van der Waals surface area contributed by atoms with Crippen molar-refractivity contribution in [2.75, 3.05) is 38.4 Å². The summed E-state index contributed by atoms with van der Waals surface area (Å²) in [6.45, 7) is 1.89. The van der Waals surface area contributed by atoms with E-state index in [2.05, 4.69) is 14.9 Å². The molecule has 0 radical (unpaired) electrons. The molecule has 8 heteroatoms. The number of fused-ring (bicyclic) bond motifs is 1. The number of piperidine rings is 1. The first-order chi connectivity index (χ1) is 12.6. The van der Waals surface area contributed by atoms with E-state index in [1.54, 1.807) is 20.5 Å². The van der Waals surface area contributed by atoms with Gasteiger partial charge in [-0.3, -0.25) is 0 Å². The first-order valence-corrected chi connectivity index (χ1v) is 10.3. The third-order valence-corrected chi connectivity index (χ3v) is 5.72. The van der Waals surface area contributed by atoms with Crippen LogP contribution >= 0.6 is 8.38 Å². The van der Waals surface area contributed by atoms with Crippen molar-refractivity contribution in [3.63, 3.8) is 0 Å². The van der Waals surface area contributed by atoms with Crippen LogP contribution in [-0.4, -0.2) is 53.2 Å². The second-order valence-corrected chi connectivity index (χ2v) is 7.78. The van der Waals surface area contributed by atoms with E-state index in [-0.39, 0.29) is 0 Å². The van der Waals surface area contributed by atoms with Gasteiger partial charge in [0, 0.05) is 30.7 Å². The molecule has 1 fully saturated rings. The fourth-order valence-electron chi connectivity index (χ4n) is 3.58. The number of methoxy groups -OCH3 is 2. The first-order valence-electron chi connectivity index (χ1n) is 8.89. The van der Waals surface area contributed by atoms with Gasteiger partial charge in [-0.1, -0.05) is 0 Å². The number of hydrogen-bond donors (Lipinski definition) is 2. The van der Waals surface area contributed by atoms with Gasteiger partial charge in [-0.15, -0.1) is 0 Å². The molecule has 0 atom stereocenters. The number of rotatable bonds is 7. The molecular weight excluding hydrogens is 353 g/mol. The summed E-state index contributed by atoms with van der Waals surface area (Å²) in [5.41, 5.74) is 0.842. The zero-order chi connectivity index (χ0) is 18.5. The quantitative estimate of drug-likeness (QED) is 0.715. The molecule has 142 valence electrons. The summed E-state index contributed by atoms with van der Waals surface area (Å²) in [7, 11) is 1.50. The Labute approximate surface area is 154 Å². The molecule has 0 amide bonds. The number of nitrogens with zero attached hydrogens (tertiary/aromatic N) is 3. The lowest BCUT2D eigenvalue weighted by molar-refractivity contribution is 0.355. The molecule has 3 rings (SSSR count). The van der Waals surface area contributed by atoms with Crippen LogP contribution in [0.5, 0.6) is 11.5 Å². The minimum atomic E-state index is -1.75. The third kappa shape index (κ3) is 4.34. The lowest BCUT2D eigenvalue weighted by atomic mass is 9.92. The van der Waals surface area contributed by atoms with E-state index >= 15 is 0 Å². The van der Waals surface area contributed by atoms with Crippen LogP contribution in [0.2, 0.25) is 0 Å². The van der Waals surface area contributed by atoms with Crippen molar-refractivity contribution in [2.45, 2.75) is 25.7 Å². The molecule has 26 heavy (non-hydrogen) atoms. The van der Waals surface area contributed by atoms with Gasteiger partial charge in [-0.05, 0) is 37.7 Å². The van der Waals surface area contributed by atoms with Gasteiger partial charge in [0.2, 0.25) is 0 Å². The van der Waals surface area contributed by atoms with Gasteiger partial charge in [0.15, 0.2) is 19.9 Å². The predicted octanol–water partition coefficient (Wildman–Crippen LogP) is 2.94. The van der Waals surface area contributed by atoms with Crippen LogP contribution in [-0.2, 0) is 0 Å². The van der Waals surface area contributed by atoms with E-state index in [4.69, 9.17) is 19.3 Å². The van der Waals surface area contributed by atoms with E-state index in [9.17, 15) is 0 Å². The van der Waals surface area contributed by atoms with E-state index in [1.807, 2.05) is 12.1 Å². The monoisotopic (exact) mass is 379 g/mol. The minimum absolute atomic E-state index is 0.522. The van der Waals surface area contributed by atoms with Crippen molar-refractivity contribution < 1.29 is 19.3 Å². The molecule has 0 spiro atoms. The van der Waals surface area contributed by atoms with Gasteiger partial charge in [0.25, 0.3) is 0 Å². The average Bonchev–Trinajstić information content (AvgIpc) is 2.66. The zero-order valence-corrected chi connectivity index (χ0v) is 16.2. The number of benzene rings is 1. The molecule has 2 N–H and O–H groups in total. The Bertz CT molecular complexity index is 736. The summed E-state index contributed by atoms with van der Waals surface area (Å²) >= 11 is 0. The molecule has 1 aromatic heterocycles. The third-order valence-electron chi connectivity index (χ3n) is 5.00. The van der Waals surface area contributed by atoms with Crippen LogP contribution in [0.1, 0.15) is 25.7 Å². The average molecular weight is 379 g/mol. The number of hydrogen-bond acceptors (Lipinski definition) is 7. The van der Waals surface area contributed by atoms with Crippen molar-refractivity contribution in [1.82, 2.24) is 9.97 Å². The Morgan fingerprint density at radius 3 is 2.46 bits per heavy atom. The Balaban J connectivity index is 1.73. The Morgan fingerprint density at radius 2 is 1.81 bits per heavy atom. The largest absolute Gasteiger partial charge is 0.493 e. The normalized spacial score (nSPS) is 15.7. The molecule has 1 aromatic carbocycles. The van der Waals surface area contributed by atoms with E-state index < -0.39 is 8.38 Å². The summed E-state index contributed by atoms with van der Waals surface area (Å²) in [5, 5.41) is 0.967. The number of aromatic nitrogens is 2. The molecule has 0 saturated carbocycles. The topological polar surface area (TPSA) is 87.9 Å². The fourth-order valence-corrected chi connectivity index (χ4v) is 4.04. The summed E-state index contributed by atoms with van der Waals surface area (Å²) in [4.78, 5) is 29.3. The highest BCUT2D eigenvalue weighted by molar-refractivity contribution is 7.45. The van der Waals surface area contributed by atoms with Crippen LogP contribution < -0.4 is 14.4 Å². The predicted molar refractivity (Wildman–Crippen MR) is 103 cm³/mol. The maximum atomic E-state index is 9.03. The van der Waals surface area contributed by atoms with Crippen LogP contribution in [0.25, 0.3) is 10.9 Å². The highest BCUT2D eigenvalue weighted by Gasteiger charge is 2.22. The highest BCUT2D eigenvalue weighted by atomic mass is 31.2. The van der Waals surface area contributed by atoms with Gasteiger partial charge in [-0.2, -0.15) is 0 Å². The van der Waals surface area contributed by atoms with Gasteiger partial charge in [0.1, 0.15) is 12.1 Å². The van der Waals surface area contributed by atoms with Crippen molar-refractivity contribution >= 4 is 25.1 Å². The maximum Gasteiger partial charge on any atom is 0.164 e. The molecule has 0 aliphatic carbocycles. The van der Waals surface area contributed by atoms with Crippen molar-refractivity contribution in [2.24, 2.45) is 5.92 Å². The Hall–Kier alpha value is -1.69. The summed E-state index contributed by atoms with van der Waals surface area (Å²) < 4.78 is 10.8. The highest BCUT2D eigenvalue weighted by Crippen LogP contribution is 2.36. The second-order valence-electron chi connectivity index (χ2n) is 6.59. The molecule has 0 bridgehead atoms. The summed E-state index contributed by atoms with van der Waals surface area (Å²) in [6, 6.07) is 3.83. The van der Waals surface area contributed by atoms with E-state index in [0.717, 1.165) is 55.5 Å². The summed E-state index contributed by atoms with van der Waals surface area (Å²) in [5.74, 6) is 2.92. The van der Waals surface area contributed by atoms with Gasteiger partial charge in [-0.25, -0.2) is 9.97 Å². The van der Waals surface area contributed by atoms with E-state index in [1.165, 1.54) is 0 Å². The van der Waals surface area contributed by atoms with Crippen molar-refractivity contribution in [3.8, 4) is 11.5 Å². The first kappa shape index (κ1) is 19.1. The van der Waals surface area contributed by atoms with Gasteiger partial charge >= 0.3 is 0 Å². The van der Waals surface area contributed by atoms with Crippen LogP contribution in [0.3, 0.4) is 0 Å². The molecular formula is C18H26N3O4P. The van der Waals surface area contributed by atoms with Crippen molar-refractivity contribution in [1.29, 1.82) is 0 Å². The van der Waals surface area contributed by atoms with Gasteiger partial charge in [0.05, 0.1) is 19.7 Å². The summed E-state index contributed by atoms with van der Waals surface area (Å²) in [6.07, 6.45) is 6.25. The standard InChI is InChI=1S/C18H26N3O4P/c1-24-16-10-14-15(11-17(16)25-2)19-12-20-18(14)21-7-5-13(6-8-21)4-3-9-26(22)23/h10-13,22-23H,3-9H2,1-2H3. The molecule has 0 unspecified atom stereocenters. The number of anilines is 1. The van der Waals surface area contributed by atoms with Crippen LogP contribution in [0.4, 0.5) is 5.82 Å². The smallest absolute Gasteiger partial charge is 0.164 e. The van der Waals surface area contributed by atoms with Crippen LogP contribution in [0, 0.1) is 5.92 Å².